The molecule has 1 fully saturated rings. The molecule has 41 valence electrons. The lowest BCUT2D eigenvalue weighted by molar-refractivity contribution is 0.237. The number of nitrogens with zero attached hydrogens (tertiary/aromatic N) is 1. The van der Waals surface area contributed by atoms with Crippen LogP contribution in [0.2, 0.25) is 0 Å². The maximum Gasteiger partial charge on any atom is 0.0472 e. The van der Waals surface area contributed by atoms with Crippen molar-refractivity contribution in [2.45, 2.75) is 6.42 Å². The van der Waals surface area contributed by atoms with Crippen molar-refractivity contribution in [3.63, 3.8) is 0 Å². The molecular weight excluding hydrogens is 90.1 g/mol. The van der Waals surface area contributed by atoms with Crippen LogP contribution < -0.4 is 5.32 Å². The van der Waals surface area contributed by atoms with Crippen molar-refractivity contribution in [2.24, 2.45) is 5.92 Å². The molecule has 2 nitrogen and oxygen atoms in total. The van der Waals surface area contributed by atoms with Gasteiger partial charge in [-0.15, -0.1) is 0 Å². The largest absolute Gasteiger partial charge is 0.396 e. The van der Waals surface area contributed by atoms with Crippen molar-refractivity contribution in [1.82, 2.24) is 5.32 Å². The van der Waals surface area contributed by atoms with E-state index in [4.69, 9.17) is 5.11 Å². The third-order valence-corrected chi connectivity index (χ3v) is 1.34. The van der Waals surface area contributed by atoms with E-state index in [0.29, 0.717) is 12.5 Å². The molecule has 0 aromatic carbocycles. The summed E-state index contributed by atoms with van der Waals surface area (Å²) in [5.74, 6) is 0.486. The third-order valence-electron chi connectivity index (χ3n) is 1.34. The second kappa shape index (κ2) is 2.28. The summed E-state index contributed by atoms with van der Waals surface area (Å²) in [6.07, 6.45) is 1.09. The Morgan fingerprint density at radius 3 is 2.86 bits per heavy atom. The van der Waals surface area contributed by atoms with Gasteiger partial charge in [-0.2, -0.15) is 0 Å². The molecule has 0 spiro atoms. The molecule has 0 saturated carbocycles. The fourth-order valence-electron chi connectivity index (χ4n) is 0.788. The van der Waals surface area contributed by atoms with E-state index >= 15 is 0 Å². The van der Waals surface area contributed by atoms with Crippen LogP contribution in [0.1, 0.15) is 6.42 Å². The molecule has 1 saturated heterocycles. The number of aliphatic hydroxyl groups is 1. The Kier molecular flexibility index (Phi) is 1.65. The Labute approximate surface area is 43.5 Å². The normalized spacial score (nSPS) is 31.3. The molecule has 7 heavy (non-hydrogen) atoms. The highest BCUT2D eigenvalue weighted by atomic mass is 16.3. The maximum atomic E-state index is 8.51. The Hall–Kier alpha value is -0.0800. The minimum atomic E-state index is 0.323. The molecule has 0 aliphatic carbocycles. The summed E-state index contributed by atoms with van der Waals surface area (Å²) >= 11 is 0. The molecule has 1 rings (SSSR count). The average molecular weight is 100 g/mol. The van der Waals surface area contributed by atoms with E-state index in [0.717, 1.165) is 19.5 Å². The van der Waals surface area contributed by atoms with Crippen LogP contribution in [0, 0.1) is 5.92 Å². The first-order valence-electron chi connectivity index (χ1n) is 2.67. The van der Waals surface area contributed by atoms with E-state index in [-0.39, 0.29) is 0 Å². The summed E-state index contributed by atoms with van der Waals surface area (Å²) in [5, 5.41) is 12.6. The molecule has 1 aliphatic rings. The Balaban J connectivity index is 2.14. The second-order valence-corrected chi connectivity index (χ2v) is 1.97. The van der Waals surface area contributed by atoms with Gasteiger partial charge in [0.15, 0.2) is 0 Å². The molecule has 1 aliphatic heterocycles. The van der Waals surface area contributed by atoms with E-state index < -0.39 is 0 Å². The highest BCUT2D eigenvalue weighted by Gasteiger charge is 2.12. The monoisotopic (exact) mass is 100 g/mol. The Morgan fingerprint density at radius 1 is 1.71 bits per heavy atom. The number of rotatable bonds is 1. The fourth-order valence-corrected chi connectivity index (χ4v) is 0.788. The molecule has 0 unspecified atom stereocenters. The molecule has 1 heterocycles. The highest BCUT2D eigenvalue weighted by molar-refractivity contribution is 4.68. The zero-order valence-electron chi connectivity index (χ0n) is 4.30. The number of hydrogen-bond donors (Lipinski definition) is 1. The van der Waals surface area contributed by atoms with Gasteiger partial charge in [-0.25, -0.2) is 5.32 Å². The zero-order valence-corrected chi connectivity index (χ0v) is 4.30. The van der Waals surface area contributed by atoms with Crippen LogP contribution in [-0.4, -0.2) is 24.8 Å². The molecular formula is C5H10NO. The minimum absolute atomic E-state index is 0.323. The second-order valence-electron chi connectivity index (χ2n) is 1.97. The smallest absolute Gasteiger partial charge is 0.0472 e. The van der Waals surface area contributed by atoms with Crippen LogP contribution in [0.25, 0.3) is 0 Å². The van der Waals surface area contributed by atoms with Gasteiger partial charge in [0.25, 0.3) is 0 Å². The molecule has 0 amide bonds. The number of hydrogen-bond acceptors (Lipinski definition) is 1. The first kappa shape index (κ1) is 5.06. The summed E-state index contributed by atoms with van der Waals surface area (Å²) in [7, 11) is 0. The summed E-state index contributed by atoms with van der Waals surface area (Å²) < 4.78 is 0. The SMILES string of the molecule is OC[C@H]1CC[N]C1. The van der Waals surface area contributed by atoms with Crippen molar-refractivity contribution in [3.05, 3.63) is 0 Å². The van der Waals surface area contributed by atoms with E-state index in [2.05, 4.69) is 5.32 Å². The fraction of sp³-hybridized carbons (Fsp3) is 1.00. The van der Waals surface area contributed by atoms with Crippen molar-refractivity contribution >= 4 is 0 Å². The van der Waals surface area contributed by atoms with E-state index in [1.807, 2.05) is 0 Å². The zero-order chi connectivity index (χ0) is 5.11. The van der Waals surface area contributed by atoms with Crippen molar-refractivity contribution < 1.29 is 5.11 Å². The summed E-state index contributed by atoms with van der Waals surface area (Å²) in [6.45, 7) is 2.17. The van der Waals surface area contributed by atoms with E-state index in [9.17, 15) is 0 Å². The van der Waals surface area contributed by atoms with E-state index in [1.165, 1.54) is 0 Å². The van der Waals surface area contributed by atoms with Crippen LogP contribution in [0.3, 0.4) is 0 Å². The Bertz CT molecular complexity index is 50.0. The quantitative estimate of drug-likeness (QED) is 0.478. The molecule has 0 bridgehead atoms. The first-order valence-corrected chi connectivity index (χ1v) is 2.67. The van der Waals surface area contributed by atoms with Gasteiger partial charge in [-0.1, -0.05) is 0 Å². The van der Waals surface area contributed by atoms with Gasteiger partial charge in [0, 0.05) is 19.7 Å². The van der Waals surface area contributed by atoms with Crippen molar-refractivity contribution in [2.75, 3.05) is 19.7 Å². The van der Waals surface area contributed by atoms with Gasteiger partial charge in [-0.3, -0.25) is 0 Å². The highest BCUT2D eigenvalue weighted by Crippen LogP contribution is 2.05. The molecule has 1 atom stereocenters. The van der Waals surface area contributed by atoms with Gasteiger partial charge >= 0.3 is 0 Å². The van der Waals surface area contributed by atoms with Crippen molar-refractivity contribution in [1.29, 1.82) is 0 Å². The minimum Gasteiger partial charge on any atom is -0.396 e. The van der Waals surface area contributed by atoms with Crippen LogP contribution in [0.15, 0.2) is 0 Å². The molecule has 0 aromatic rings. The first-order chi connectivity index (χ1) is 3.43. The van der Waals surface area contributed by atoms with Crippen LogP contribution in [0.4, 0.5) is 0 Å². The summed E-state index contributed by atoms with van der Waals surface area (Å²) in [4.78, 5) is 0. The lowest BCUT2D eigenvalue weighted by Crippen LogP contribution is -2.06. The summed E-state index contributed by atoms with van der Waals surface area (Å²) in [5.41, 5.74) is 0. The Morgan fingerprint density at radius 2 is 2.57 bits per heavy atom. The number of aliphatic hydroxyl groups excluding tert-OH is 1. The molecule has 1 N–H and O–H groups in total. The molecule has 0 aromatic heterocycles. The van der Waals surface area contributed by atoms with Gasteiger partial charge in [0.05, 0.1) is 0 Å². The third kappa shape index (κ3) is 1.14. The molecule has 2 heteroatoms. The predicted molar refractivity (Wildman–Crippen MR) is 27.1 cm³/mol. The molecule has 1 radical (unpaired) electrons. The standard InChI is InChI=1S/C5H10NO/c7-4-5-1-2-6-3-5/h5,7H,1-4H2/t5-/m0/s1. The van der Waals surface area contributed by atoms with Crippen molar-refractivity contribution in [3.8, 4) is 0 Å². The summed E-state index contributed by atoms with van der Waals surface area (Å²) in [6, 6.07) is 0. The van der Waals surface area contributed by atoms with Gasteiger partial charge in [0.2, 0.25) is 0 Å². The average Bonchev–Trinajstić information content (AvgIpc) is 2.14. The topological polar surface area (TPSA) is 34.3 Å². The lowest BCUT2D eigenvalue weighted by atomic mass is 10.1. The maximum absolute atomic E-state index is 8.51. The van der Waals surface area contributed by atoms with Gasteiger partial charge in [0.1, 0.15) is 0 Å². The van der Waals surface area contributed by atoms with Crippen LogP contribution in [-0.2, 0) is 0 Å². The van der Waals surface area contributed by atoms with Crippen LogP contribution >= 0.6 is 0 Å². The van der Waals surface area contributed by atoms with Gasteiger partial charge in [-0.05, 0) is 12.3 Å². The van der Waals surface area contributed by atoms with E-state index in [1.54, 1.807) is 0 Å². The predicted octanol–water partition coefficient (Wildman–Crippen LogP) is -0.397. The van der Waals surface area contributed by atoms with Gasteiger partial charge < -0.3 is 5.11 Å². The lowest BCUT2D eigenvalue weighted by Gasteiger charge is -1.97. The van der Waals surface area contributed by atoms with Crippen LogP contribution in [0.5, 0.6) is 0 Å².